The Labute approximate surface area is 167 Å². The smallest absolute Gasteiger partial charge is 0.255 e. The molecule has 0 aliphatic rings. The van der Waals surface area contributed by atoms with E-state index in [1.807, 2.05) is 56.5 Å². The first-order valence-corrected chi connectivity index (χ1v) is 10.1. The van der Waals surface area contributed by atoms with Crippen molar-refractivity contribution in [1.82, 2.24) is 15.0 Å². The molecule has 0 N–H and O–H groups in total. The number of carbonyl (C=O) groups is 1. The molecular weight excluding hydrogens is 382 g/mol. The molecule has 0 fully saturated rings. The normalized spacial score (nSPS) is 11.0. The average Bonchev–Trinajstić information content (AvgIpc) is 3.14. The fraction of sp³-hybridized carbons (Fsp3) is 0.250. The van der Waals surface area contributed by atoms with Crippen molar-refractivity contribution >= 4 is 29.3 Å². The van der Waals surface area contributed by atoms with Crippen LogP contribution in [0.5, 0.6) is 0 Å². The van der Waals surface area contributed by atoms with Crippen LogP contribution < -0.4 is 0 Å². The third-order valence-corrected chi connectivity index (χ3v) is 5.15. The van der Waals surface area contributed by atoms with E-state index in [1.54, 1.807) is 28.8 Å². The SMILES string of the molecule is CSc1ccccc1C(=O)N(Cc1nc(-c2ccc(Cl)cc2)no1)C(C)C. The maximum atomic E-state index is 13.1. The topological polar surface area (TPSA) is 59.2 Å². The highest BCUT2D eigenvalue weighted by Gasteiger charge is 2.23. The summed E-state index contributed by atoms with van der Waals surface area (Å²) in [6.07, 6.45) is 1.96. The van der Waals surface area contributed by atoms with Crippen molar-refractivity contribution in [3.05, 3.63) is 65.0 Å². The lowest BCUT2D eigenvalue weighted by molar-refractivity contribution is 0.0664. The van der Waals surface area contributed by atoms with Gasteiger partial charge in [0.25, 0.3) is 5.91 Å². The minimum Gasteiger partial charge on any atom is -0.337 e. The average molecular weight is 402 g/mol. The van der Waals surface area contributed by atoms with Crippen LogP contribution in [0, 0.1) is 0 Å². The van der Waals surface area contributed by atoms with E-state index in [-0.39, 0.29) is 18.5 Å². The van der Waals surface area contributed by atoms with Crippen molar-refractivity contribution in [2.75, 3.05) is 6.26 Å². The van der Waals surface area contributed by atoms with Gasteiger partial charge in [-0.1, -0.05) is 28.9 Å². The number of hydrogen-bond acceptors (Lipinski definition) is 5. The van der Waals surface area contributed by atoms with Gasteiger partial charge in [0.1, 0.15) is 6.54 Å². The maximum Gasteiger partial charge on any atom is 0.255 e. The number of nitrogens with zero attached hydrogens (tertiary/aromatic N) is 3. The Morgan fingerprint density at radius 2 is 1.89 bits per heavy atom. The molecule has 0 atom stereocenters. The number of thioether (sulfide) groups is 1. The molecule has 5 nitrogen and oxygen atoms in total. The standard InChI is InChI=1S/C20H20ClN3O2S/c1-13(2)24(20(25)16-6-4-5-7-17(16)27-3)12-18-22-19(23-26-18)14-8-10-15(21)11-9-14/h4-11,13H,12H2,1-3H3. The maximum absolute atomic E-state index is 13.1. The lowest BCUT2D eigenvalue weighted by atomic mass is 10.1. The Kier molecular flexibility index (Phi) is 6.19. The summed E-state index contributed by atoms with van der Waals surface area (Å²) in [5.74, 6) is 0.812. The zero-order valence-electron chi connectivity index (χ0n) is 15.3. The first-order chi connectivity index (χ1) is 13.0. The predicted molar refractivity (Wildman–Crippen MR) is 108 cm³/mol. The molecule has 0 unspecified atom stereocenters. The van der Waals surface area contributed by atoms with Crippen LogP contribution in [0.1, 0.15) is 30.1 Å². The molecule has 0 saturated heterocycles. The number of benzene rings is 2. The van der Waals surface area contributed by atoms with Crippen molar-refractivity contribution in [3.63, 3.8) is 0 Å². The Bertz CT molecular complexity index is 925. The third-order valence-electron chi connectivity index (χ3n) is 4.10. The van der Waals surface area contributed by atoms with E-state index in [1.165, 1.54) is 0 Å². The number of rotatable bonds is 6. The largest absolute Gasteiger partial charge is 0.337 e. The Morgan fingerprint density at radius 1 is 1.19 bits per heavy atom. The van der Waals surface area contributed by atoms with E-state index < -0.39 is 0 Å². The predicted octanol–water partition coefficient (Wildman–Crippen LogP) is 5.16. The number of amides is 1. The number of hydrogen-bond donors (Lipinski definition) is 0. The van der Waals surface area contributed by atoms with Crippen molar-refractivity contribution in [2.45, 2.75) is 31.3 Å². The van der Waals surface area contributed by atoms with E-state index in [0.29, 0.717) is 22.3 Å². The molecule has 0 aliphatic carbocycles. The molecule has 27 heavy (non-hydrogen) atoms. The first-order valence-electron chi connectivity index (χ1n) is 8.52. The molecule has 1 heterocycles. The van der Waals surface area contributed by atoms with Crippen LogP contribution in [0.15, 0.2) is 57.9 Å². The third kappa shape index (κ3) is 4.51. The van der Waals surface area contributed by atoms with Crippen molar-refractivity contribution in [3.8, 4) is 11.4 Å². The summed E-state index contributed by atoms with van der Waals surface area (Å²) in [6.45, 7) is 4.19. The summed E-state index contributed by atoms with van der Waals surface area (Å²) in [5.41, 5.74) is 1.49. The van der Waals surface area contributed by atoms with Crippen LogP contribution >= 0.6 is 23.4 Å². The molecule has 0 aliphatic heterocycles. The van der Waals surface area contributed by atoms with Gasteiger partial charge in [-0.2, -0.15) is 4.98 Å². The van der Waals surface area contributed by atoms with Crippen LogP contribution in [0.3, 0.4) is 0 Å². The van der Waals surface area contributed by atoms with Crippen LogP contribution in [-0.4, -0.2) is 33.2 Å². The van der Waals surface area contributed by atoms with Gasteiger partial charge in [-0.15, -0.1) is 11.8 Å². The van der Waals surface area contributed by atoms with E-state index in [0.717, 1.165) is 10.5 Å². The molecular formula is C20H20ClN3O2S. The van der Waals surface area contributed by atoms with Gasteiger partial charge in [-0.05, 0) is 56.5 Å². The highest BCUT2D eigenvalue weighted by atomic mass is 35.5. The van der Waals surface area contributed by atoms with Crippen LogP contribution in [0.25, 0.3) is 11.4 Å². The van der Waals surface area contributed by atoms with Gasteiger partial charge in [0, 0.05) is 21.5 Å². The molecule has 1 aromatic heterocycles. The van der Waals surface area contributed by atoms with Crippen molar-refractivity contribution in [1.29, 1.82) is 0 Å². The van der Waals surface area contributed by atoms with Gasteiger partial charge in [-0.3, -0.25) is 4.79 Å². The van der Waals surface area contributed by atoms with Crippen LogP contribution in [-0.2, 0) is 6.54 Å². The quantitative estimate of drug-likeness (QED) is 0.534. The lowest BCUT2D eigenvalue weighted by Crippen LogP contribution is -2.36. The monoisotopic (exact) mass is 401 g/mol. The first kappa shape index (κ1) is 19.5. The minimum absolute atomic E-state index is 0.0155. The minimum atomic E-state index is -0.0545. The highest BCUT2D eigenvalue weighted by Crippen LogP contribution is 2.24. The zero-order chi connectivity index (χ0) is 19.4. The van der Waals surface area contributed by atoms with Gasteiger partial charge in [0.2, 0.25) is 11.7 Å². The molecule has 1 amide bonds. The van der Waals surface area contributed by atoms with Gasteiger partial charge in [0.05, 0.1) is 5.56 Å². The second-order valence-electron chi connectivity index (χ2n) is 6.25. The number of halogens is 1. The zero-order valence-corrected chi connectivity index (χ0v) is 16.9. The summed E-state index contributed by atoms with van der Waals surface area (Å²) >= 11 is 7.47. The Morgan fingerprint density at radius 3 is 2.56 bits per heavy atom. The Balaban J connectivity index is 1.83. The molecule has 0 spiro atoms. The summed E-state index contributed by atoms with van der Waals surface area (Å²) in [4.78, 5) is 20.2. The lowest BCUT2D eigenvalue weighted by Gasteiger charge is -2.26. The second kappa shape index (κ2) is 8.59. The fourth-order valence-electron chi connectivity index (χ4n) is 2.65. The number of carbonyl (C=O) groups excluding carboxylic acids is 1. The Hall–Kier alpha value is -2.31. The van der Waals surface area contributed by atoms with Crippen LogP contribution in [0.4, 0.5) is 0 Å². The fourth-order valence-corrected chi connectivity index (χ4v) is 3.36. The molecule has 7 heteroatoms. The summed E-state index contributed by atoms with van der Waals surface area (Å²) < 4.78 is 5.38. The highest BCUT2D eigenvalue weighted by molar-refractivity contribution is 7.98. The van der Waals surface area contributed by atoms with Gasteiger partial charge in [0.15, 0.2) is 0 Å². The van der Waals surface area contributed by atoms with Gasteiger partial charge < -0.3 is 9.42 Å². The second-order valence-corrected chi connectivity index (χ2v) is 7.53. The van der Waals surface area contributed by atoms with Crippen molar-refractivity contribution < 1.29 is 9.32 Å². The van der Waals surface area contributed by atoms with Gasteiger partial charge >= 0.3 is 0 Å². The summed E-state index contributed by atoms with van der Waals surface area (Å²) in [7, 11) is 0. The molecule has 3 rings (SSSR count). The van der Waals surface area contributed by atoms with E-state index in [4.69, 9.17) is 16.1 Å². The van der Waals surface area contributed by atoms with E-state index in [2.05, 4.69) is 10.1 Å². The molecule has 0 radical (unpaired) electrons. The molecule has 0 saturated carbocycles. The van der Waals surface area contributed by atoms with E-state index >= 15 is 0 Å². The van der Waals surface area contributed by atoms with Crippen molar-refractivity contribution in [2.24, 2.45) is 0 Å². The number of aromatic nitrogens is 2. The van der Waals surface area contributed by atoms with Gasteiger partial charge in [-0.25, -0.2) is 0 Å². The summed E-state index contributed by atoms with van der Waals surface area (Å²) in [5, 5.41) is 4.67. The summed E-state index contributed by atoms with van der Waals surface area (Å²) in [6, 6.07) is 14.8. The van der Waals surface area contributed by atoms with Crippen LogP contribution in [0.2, 0.25) is 5.02 Å². The molecule has 0 bridgehead atoms. The molecule has 140 valence electrons. The van der Waals surface area contributed by atoms with E-state index in [9.17, 15) is 4.79 Å². The molecule has 2 aromatic carbocycles. The molecule has 3 aromatic rings.